The maximum atomic E-state index is 12.2. The molecule has 5 heteroatoms. The van der Waals surface area contributed by atoms with Crippen LogP contribution in [0, 0.1) is 28.1 Å². The number of halogens is 1. The number of nitrogens with one attached hydrogen (secondary N) is 1. The molecule has 1 aromatic carbocycles. The maximum absolute atomic E-state index is 12.2. The molecule has 19 heavy (non-hydrogen) atoms. The minimum Gasteiger partial charge on any atom is -0.323 e. The Morgan fingerprint density at radius 3 is 2.58 bits per heavy atom. The Bertz CT molecular complexity index is 592. The number of rotatable bonds is 2. The smallest absolute Gasteiger partial charge is 0.244 e. The number of benzene rings is 1. The predicted octanol–water partition coefficient (Wildman–Crippen LogP) is 3.23. The summed E-state index contributed by atoms with van der Waals surface area (Å²) in [6.07, 6.45) is 2.91. The predicted molar refractivity (Wildman–Crippen MR) is 71.3 cm³/mol. The van der Waals surface area contributed by atoms with Crippen LogP contribution in [0.15, 0.2) is 18.2 Å². The number of nitriles is 2. The minimum absolute atomic E-state index is 0.329. The average molecular weight is 274 g/mol. The van der Waals surface area contributed by atoms with E-state index in [0.29, 0.717) is 29.1 Å². The molecule has 96 valence electrons. The lowest BCUT2D eigenvalue weighted by atomic mass is 9.87. The molecule has 0 aliphatic heterocycles. The first-order valence-electron chi connectivity index (χ1n) is 6.04. The van der Waals surface area contributed by atoms with Crippen molar-refractivity contribution in [1.29, 1.82) is 10.5 Å². The van der Waals surface area contributed by atoms with Gasteiger partial charge in [-0.3, -0.25) is 4.79 Å². The summed E-state index contributed by atoms with van der Waals surface area (Å²) in [7, 11) is 0. The number of carbonyl (C=O) groups is 1. The van der Waals surface area contributed by atoms with Crippen LogP contribution < -0.4 is 5.32 Å². The standard InChI is InChI=1S/C14H12ClN3O/c15-11-4-3-10(8-16)7-12(11)18-13(19)14(9-17)5-1-2-6-14/h3-4,7H,1-2,5-6H2,(H,18,19). The van der Waals surface area contributed by atoms with Crippen molar-refractivity contribution < 1.29 is 4.79 Å². The molecule has 1 amide bonds. The van der Waals surface area contributed by atoms with Crippen molar-refractivity contribution in [3.8, 4) is 12.1 Å². The number of anilines is 1. The normalized spacial score (nSPS) is 16.4. The zero-order chi connectivity index (χ0) is 13.9. The second-order valence-corrected chi connectivity index (χ2v) is 5.07. The summed E-state index contributed by atoms with van der Waals surface area (Å²) in [5.41, 5.74) is -0.157. The van der Waals surface area contributed by atoms with E-state index in [-0.39, 0.29) is 5.91 Å². The van der Waals surface area contributed by atoms with E-state index in [4.69, 9.17) is 16.9 Å². The largest absolute Gasteiger partial charge is 0.323 e. The van der Waals surface area contributed by atoms with E-state index in [1.807, 2.05) is 6.07 Å². The fourth-order valence-electron chi connectivity index (χ4n) is 2.30. The van der Waals surface area contributed by atoms with Gasteiger partial charge in [-0.1, -0.05) is 24.4 Å². The van der Waals surface area contributed by atoms with Gasteiger partial charge in [0.15, 0.2) is 0 Å². The summed E-state index contributed by atoms with van der Waals surface area (Å²) in [4.78, 5) is 12.2. The van der Waals surface area contributed by atoms with Gasteiger partial charge < -0.3 is 5.32 Å². The molecule has 1 fully saturated rings. The lowest BCUT2D eigenvalue weighted by Gasteiger charge is -2.19. The topological polar surface area (TPSA) is 76.7 Å². The SMILES string of the molecule is N#Cc1ccc(Cl)c(NC(=O)C2(C#N)CCCC2)c1. The molecule has 2 rings (SSSR count). The third kappa shape index (κ3) is 2.54. The summed E-state index contributed by atoms with van der Waals surface area (Å²) in [6, 6.07) is 8.76. The van der Waals surface area contributed by atoms with Crippen LogP contribution in [0.4, 0.5) is 5.69 Å². The zero-order valence-corrected chi connectivity index (χ0v) is 11.0. The number of hydrogen-bond acceptors (Lipinski definition) is 3. The van der Waals surface area contributed by atoms with Crippen molar-refractivity contribution in [2.45, 2.75) is 25.7 Å². The Labute approximate surface area is 116 Å². The number of carbonyl (C=O) groups excluding carboxylic acids is 1. The summed E-state index contributed by atoms with van der Waals surface area (Å²) in [5.74, 6) is -0.329. The van der Waals surface area contributed by atoms with Gasteiger partial charge in [0.05, 0.1) is 28.4 Å². The van der Waals surface area contributed by atoms with E-state index in [0.717, 1.165) is 12.8 Å². The number of nitrogens with zero attached hydrogens (tertiary/aromatic N) is 2. The molecule has 1 saturated carbocycles. The maximum Gasteiger partial charge on any atom is 0.244 e. The van der Waals surface area contributed by atoms with Crippen molar-refractivity contribution in [3.63, 3.8) is 0 Å². The van der Waals surface area contributed by atoms with Crippen LogP contribution in [-0.2, 0) is 4.79 Å². The summed E-state index contributed by atoms with van der Waals surface area (Å²) in [6.45, 7) is 0. The van der Waals surface area contributed by atoms with Crippen LogP contribution in [0.1, 0.15) is 31.2 Å². The molecule has 0 bridgehead atoms. The molecule has 0 atom stereocenters. The Kier molecular flexibility index (Phi) is 3.74. The van der Waals surface area contributed by atoms with Crippen LogP contribution in [-0.4, -0.2) is 5.91 Å². The first-order chi connectivity index (χ1) is 9.11. The van der Waals surface area contributed by atoms with Crippen molar-refractivity contribution >= 4 is 23.2 Å². The Balaban J connectivity index is 2.24. The first kappa shape index (κ1) is 13.4. The van der Waals surface area contributed by atoms with Crippen molar-refractivity contribution in [2.75, 3.05) is 5.32 Å². The highest BCUT2D eigenvalue weighted by molar-refractivity contribution is 6.33. The molecule has 0 radical (unpaired) electrons. The van der Waals surface area contributed by atoms with Gasteiger partial charge in [0.2, 0.25) is 5.91 Å². The molecule has 1 N–H and O–H groups in total. The van der Waals surface area contributed by atoms with Gasteiger partial charge in [0.25, 0.3) is 0 Å². The van der Waals surface area contributed by atoms with E-state index in [2.05, 4.69) is 11.4 Å². The first-order valence-corrected chi connectivity index (χ1v) is 6.41. The third-order valence-electron chi connectivity index (χ3n) is 3.45. The molecular formula is C14H12ClN3O. The second kappa shape index (κ2) is 5.30. The fraction of sp³-hybridized carbons (Fsp3) is 0.357. The van der Waals surface area contributed by atoms with Crippen LogP contribution in [0.3, 0.4) is 0 Å². The van der Waals surface area contributed by atoms with E-state index in [1.165, 1.54) is 6.07 Å². The highest BCUT2D eigenvalue weighted by Gasteiger charge is 2.41. The molecule has 4 nitrogen and oxygen atoms in total. The highest BCUT2D eigenvalue weighted by atomic mass is 35.5. The van der Waals surface area contributed by atoms with Gasteiger partial charge >= 0.3 is 0 Å². The second-order valence-electron chi connectivity index (χ2n) is 4.66. The van der Waals surface area contributed by atoms with E-state index >= 15 is 0 Å². The van der Waals surface area contributed by atoms with Gasteiger partial charge in [0, 0.05) is 0 Å². The van der Waals surface area contributed by atoms with Crippen molar-refractivity contribution in [2.24, 2.45) is 5.41 Å². The van der Waals surface area contributed by atoms with Crippen LogP contribution in [0.5, 0.6) is 0 Å². The molecule has 0 saturated heterocycles. The van der Waals surface area contributed by atoms with Gasteiger partial charge in [-0.15, -0.1) is 0 Å². The van der Waals surface area contributed by atoms with Crippen molar-refractivity contribution in [3.05, 3.63) is 28.8 Å². The van der Waals surface area contributed by atoms with E-state index in [1.54, 1.807) is 12.1 Å². The molecule has 1 aliphatic rings. The fourth-order valence-corrected chi connectivity index (χ4v) is 2.47. The molecule has 0 heterocycles. The van der Waals surface area contributed by atoms with Crippen LogP contribution in [0.2, 0.25) is 5.02 Å². The van der Waals surface area contributed by atoms with Crippen LogP contribution >= 0.6 is 11.6 Å². The number of amides is 1. The monoisotopic (exact) mass is 273 g/mol. The molecular weight excluding hydrogens is 262 g/mol. The molecule has 0 unspecified atom stereocenters. The van der Waals surface area contributed by atoms with Gasteiger partial charge in [-0.05, 0) is 31.0 Å². The lowest BCUT2D eigenvalue weighted by molar-refractivity contribution is -0.122. The van der Waals surface area contributed by atoms with Crippen LogP contribution in [0.25, 0.3) is 0 Å². The quantitative estimate of drug-likeness (QED) is 0.898. The molecule has 0 spiro atoms. The van der Waals surface area contributed by atoms with Crippen molar-refractivity contribution in [1.82, 2.24) is 0 Å². The zero-order valence-electron chi connectivity index (χ0n) is 10.2. The summed E-state index contributed by atoms with van der Waals surface area (Å²) < 4.78 is 0. The van der Waals surface area contributed by atoms with E-state index < -0.39 is 5.41 Å². The van der Waals surface area contributed by atoms with E-state index in [9.17, 15) is 10.1 Å². The molecule has 1 aromatic rings. The summed E-state index contributed by atoms with van der Waals surface area (Å²) in [5, 5.41) is 21.1. The highest BCUT2D eigenvalue weighted by Crippen LogP contribution is 2.39. The van der Waals surface area contributed by atoms with Gasteiger partial charge in [0.1, 0.15) is 5.41 Å². The Hall–Kier alpha value is -2.04. The average Bonchev–Trinajstić information content (AvgIpc) is 2.91. The molecule has 0 aromatic heterocycles. The Morgan fingerprint density at radius 1 is 1.32 bits per heavy atom. The lowest BCUT2D eigenvalue weighted by Crippen LogP contribution is -2.32. The minimum atomic E-state index is -0.952. The molecule has 1 aliphatic carbocycles. The Morgan fingerprint density at radius 2 is 2.00 bits per heavy atom. The van der Waals surface area contributed by atoms with Gasteiger partial charge in [-0.2, -0.15) is 10.5 Å². The summed E-state index contributed by atoms with van der Waals surface area (Å²) >= 11 is 5.99. The third-order valence-corrected chi connectivity index (χ3v) is 3.78. The number of hydrogen-bond donors (Lipinski definition) is 1. The van der Waals surface area contributed by atoms with Gasteiger partial charge in [-0.25, -0.2) is 0 Å².